The molecule has 2 aromatic heterocycles. The molecule has 3 rings (SSSR count). The molecule has 0 unspecified atom stereocenters. The molecule has 0 saturated carbocycles. The summed E-state index contributed by atoms with van der Waals surface area (Å²) in [6.07, 6.45) is 0.678. The molecular formula is C16H14N4O4. The van der Waals surface area contributed by atoms with E-state index in [-0.39, 0.29) is 17.5 Å². The zero-order valence-electron chi connectivity index (χ0n) is 13.0. The molecule has 122 valence electrons. The van der Waals surface area contributed by atoms with Crippen molar-refractivity contribution in [1.82, 2.24) is 15.2 Å². The first-order valence-corrected chi connectivity index (χ1v) is 7.21. The molecule has 0 saturated heterocycles. The Kier molecular flexibility index (Phi) is 4.19. The smallest absolute Gasteiger partial charge is 0.406 e. The normalized spacial score (nSPS) is 11.9. The van der Waals surface area contributed by atoms with Gasteiger partial charge in [-0.3, -0.25) is 0 Å². The molecule has 0 radical (unpaired) electrons. The Labute approximate surface area is 137 Å². The van der Waals surface area contributed by atoms with Gasteiger partial charge in [0.25, 0.3) is 5.89 Å². The number of nitro groups is 1. The Balaban J connectivity index is 1.80. The van der Waals surface area contributed by atoms with Gasteiger partial charge in [-0.25, -0.2) is 0 Å². The number of pyridine rings is 1. The third-order valence-electron chi connectivity index (χ3n) is 3.31. The van der Waals surface area contributed by atoms with Crippen molar-refractivity contribution in [3.05, 3.63) is 64.2 Å². The number of aryl methyl sites for hydroxylation is 1. The second-order valence-corrected chi connectivity index (χ2v) is 5.15. The summed E-state index contributed by atoms with van der Waals surface area (Å²) in [6.45, 7) is 3.66. The minimum atomic E-state index is -0.653. The van der Waals surface area contributed by atoms with Crippen molar-refractivity contribution in [1.29, 1.82) is 0 Å². The van der Waals surface area contributed by atoms with Crippen molar-refractivity contribution >= 4 is 5.82 Å². The Morgan fingerprint density at radius 1 is 1.21 bits per heavy atom. The average Bonchev–Trinajstić information content (AvgIpc) is 3.06. The predicted octanol–water partition coefficient (Wildman–Crippen LogP) is 3.49. The lowest BCUT2D eigenvalue weighted by atomic mass is 10.1. The maximum absolute atomic E-state index is 11.0. The van der Waals surface area contributed by atoms with E-state index in [0.717, 1.165) is 11.1 Å². The SMILES string of the molecule is Cc1ccc(-c2nnc([C@@H](C)Oc3cccnc3[N+](=O)[O-])o2)cc1. The molecule has 0 N–H and O–H groups in total. The lowest BCUT2D eigenvalue weighted by Gasteiger charge is -2.10. The van der Waals surface area contributed by atoms with Gasteiger partial charge in [-0.2, -0.15) is 0 Å². The number of hydrogen-bond donors (Lipinski definition) is 0. The van der Waals surface area contributed by atoms with Crippen LogP contribution >= 0.6 is 0 Å². The second kappa shape index (κ2) is 6.45. The molecule has 24 heavy (non-hydrogen) atoms. The molecule has 0 amide bonds. The van der Waals surface area contributed by atoms with E-state index in [1.807, 2.05) is 31.2 Å². The first kappa shape index (κ1) is 15.6. The summed E-state index contributed by atoms with van der Waals surface area (Å²) in [4.78, 5) is 14.1. The monoisotopic (exact) mass is 326 g/mol. The first-order chi connectivity index (χ1) is 11.5. The summed E-state index contributed by atoms with van der Waals surface area (Å²) in [5.74, 6) is 0.276. The quantitative estimate of drug-likeness (QED) is 0.522. The van der Waals surface area contributed by atoms with E-state index in [1.165, 1.54) is 12.3 Å². The van der Waals surface area contributed by atoms with Crippen molar-refractivity contribution in [2.24, 2.45) is 0 Å². The van der Waals surface area contributed by atoms with E-state index in [9.17, 15) is 10.1 Å². The number of rotatable bonds is 5. The van der Waals surface area contributed by atoms with Crippen molar-refractivity contribution in [2.45, 2.75) is 20.0 Å². The van der Waals surface area contributed by atoms with Crippen LogP contribution in [0.15, 0.2) is 47.0 Å². The predicted molar refractivity (Wildman–Crippen MR) is 84.4 cm³/mol. The maximum atomic E-state index is 11.0. The lowest BCUT2D eigenvalue weighted by Crippen LogP contribution is -2.06. The Hall–Kier alpha value is -3.29. The number of aromatic nitrogens is 3. The summed E-state index contributed by atoms with van der Waals surface area (Å²) in [7, 11) is 0. The molecule has 0 fully saturated rings. The molecule has 0 aliphatic heterocycles. The fraction of sp³-hybridized carbons (Fsp3) is 0.188. The third-order valence-corrected chi connectivity index (χ3v) is 3.31. The molecule has 1 atom stereocenters. The largest absolute Gasteiger partial charge is 0.473 e. The van der Waals surface area contributed by atoms with Gasteiger partial charge in [0.1, 0.15) is 6.20 Å². The number of nitrogens with zero attached hydrogens (tertiary/aromatic N) is 4. The van der Waals surface area contributed by atoms with E-state index < -0.39 is 11.0 Å². The topological polar surface area (TPSA) is 104 Å². The van der Waals surface area contributed by atoms with Crippen LogP contribution in [-0.2, 0) is 0 Å². The van der Waals surface area contributed by atoms with Crippen molar-refractivity contribution in [3.63, 3.8) is 0 Å². The van der Waals surface area contributed by atoms with Crippen LogP contribution in [-0.4, -0.2) is 20.1 Å². The average molecular weight is 326 g/mol. The summed E-state index contributed by atoms with van der Waals surface area (Å²) in [5, 5.41) is 18.9. The molecule has 0 bridgehead atoms. The molecule has 0 aliphatic carbocycles. The van der Waals surface area contributed by atoms with Gasteiger partial charge >= 0.3 is 5.82 Å². The molecule has 8 heteroatoms. The van der Waals surface area contributed by atoms with E-state index in [0.29, 0.717) is 5.89 Å². The van der Waals surface area contributed by atoms with Crippen LogP contribution in [0.1, 0.15) is 24.5 Å². The summed E-state index contributed by atoms with van der Waals surface area (Å²) in [6, 6.07) is 10.7. The van der Waals surface area contributed by atoms with Crippen molar-refractivity contribution in [3.8, 4) is 17.2 Å². The van der Waals surface area contributed by atoms with E-state index in [1.54, 1.807) is 13.0 Å². The highest BCUT2D eigenvalue weighted by Crippen LogP contribution is 2.29. The van der Waals surface area contributed by atoms with Crippen LogP contribution < -0.4 is 4.74 Å². The Morgan fingerprint density at radius 2 is 1.96 bits per heavy atom. The van der Waals surface area contributed by atoms with Gasteiger partial charge in [-0.05, 0) is 48.0 Å². The van der Waals surface area contributed by atoms with Gasteiger partial charge in [0, 0.05) is 5.56 Å². The van der Waals surface area contributed by atoms with Crippen LogP contribution in [0, 0.1) is 17.0 Å². The number of benzene rings is 1. The molecule has 3 aromatic rings. The van der Waals surface area contributed by atoms with Crippen LogP contribution in [0.5, 0.6) is 5.75 Å². The van der Waals surface area contributed by atoms with E-state index >= 15 is 0 Å². The van der Waals surface area contributed by atoms with Gasteiger partial charge in [0.2, 0.25) is 11.6 Å². The second-order valence-electron chi connectivity index (χ2n) is 5.15. The highest BCUT2D eigenvalue weighted by Gasteiger charge is 2.22. The molecule has 0 spiro atoms. The van der Waals surface area contributed by atoms with Crippen LogP contribution in [0.4, 0.5) is 5.82 Å². The minimum absolute atomic E-state index is 0.0464. The van der Waals surface area contributed by atoms with Crippen LogP contribution in [0.25, 0.3) is 11.5 Å². The fourth-order valence-corrected chi connectivity index (χ4v) is 2.06. The van der Waals surface area contributed by atoms with Gasteiger partial charge < -0.3 is 19.3 Å². The Bertz CT molecular complexity index is 861. The first-order valence-electron chi connectivity index (χ1n) is 7.21. The maximum Gasteiger partial charge on any atom is 0.406 e. The number of hydrogen-bond acceptors (Lipinski definition) is 7. The molecule has 0 aliphatic rings. The summed E-state index contributed by atoms with van der Waals surface area (Å²) in [5.41, 5.74) is 1.91. The standard InChI is InChI=1S/C16H14N4O4/c1-10-5-7-12(8-6-10)16-19-18-15(24-16)11(2)23-13-4-3-9-17-14(13)20(21)22/h3-9,11H,1-2H3/t11-/m1/s1. The fourth-order valence-electron chi connectivity index (χ4n) is 2.06. The van der Waals surface area contributed by atoms with Gasteiger partial charge in [0.05, 0.1) is 0 Å². The Morgan fingerprint density at radius 3 is 2.67 bits per heavy atom. The van der Waals surface area contributed by atoms with Crippen LogP contribution in [0.3, 0.4) is 0 Å². The molecule has 8 nitrogen and oxygen atoms in total. The zero-order valence-corrected chi connectivity index (χ0v) is 13.0. The molecular weight excluding hydrogens is 312 g/mol. The molecule has 2 heterocycles. The molecule has 1 aromatic carbocycles. The van der Waals surface area contributed by atoms with E-state index in [4.69, 9.17) is 9.15 Å². The zero-order chi connectivity index (χ0) is 17.1. The van der Waals surface area contributed by atoms with Crippen LogP contribution in [0.2, 0.25) is 0 Å². The lowest BCUT2D eigenvalue weighted by molar-refractivity contribution is -0.390. The van der Waals surface area contributed by atoms with Crippen molar-refractivity contribution in [2.75, 3.05) is 0 Å². The minimum Gasteiger partial charge on any atom is -0.473 e. The third kappa shape index (κ3) is 3.22. The van der Waals surface area contributed by atoms with Gasteiger partial charge in [-0.1, -0.05) is 17.7 Å². The number of ether oxygens (including phenoxy) is 1. The van der Waals surface area contributed by atoms with Gasteiger partial charge in [0.15, 0.2) is 6.10 Å². The summed E-state index contributed by atoms with van der Waals surface area (Å²) < 4.78 is 11.2. The van der Waals surface area contributed by atoms with Crippen molar-refractivity contribution < 1.29 is 14.1 Å². The highest BCUT2D eigenvalue weighted by molar-refractivity contribution is 5.52. The van der Waals surface area contributed by atoms with Gasteiger partial charge in [-0.15, -0.1) is 10.2 Å². The summed E-state index contributed by atoms with van der Waals surface area (Å²) >= 11 is 0. The van der Waals surface area contributed by atoms with E-state index in [2.05, 4.69) is 15.2 Å². The highest BCUT2D eigenvalue weighted by atomic mass is 16.6.